The molecule has 0 aromatic rings. The van der Waals surface area contributed by atoms with Gasteiger partial charge in [0.15, 0.2) is 5.78 Å². The molecule has 4 rings (SSSR count). The number of carbonyl (C=O) groups excluding carboxylic acids is 1. The van der Waals surface area contributed by atoms with E-state index in [-0.39, 0.29) is 5.41 Å². The Morgan fingerprint density at radius 2 is 2.09 bits per heavy atom. The summed E-state index contributed by atoms with van der Waals surface area (Å²) in [4.78, 5) is 11.7. The first-order valence-electron chi connectivity index (χ1n) is 8.61. The fraction of sp³-hybridized carbons (Fsp3) is 0.650. The van der Waals surface area contributed by atoms with Gasteiger partial charge in [0.05, 0.1) is 0 Å². The van der Waals surface area contributed by atoms with Crippen molar-refractivity contribution in [1.29, 1.82) is 0 Å². The van der Waals surface area contributed by atoms with E-state index < -0.39 is 5.60 Å². The normalized spacial score (nSPS) is 49.7. The predicted octanol–water partition coefficient (Wildman–Crippen LogP) is 3.27. The summed E-state index contributed by atoms with van der Waals surface area (Å²) in [6.45, 7) is 2.17. The highest BCUT2D eigenvalue weighted by Crippen LogP contribution is 2.62. The maximum atomic E-state index is 11.7. The van der Waals surface area contributed by atoms with Gasteiger partial charge in [0.1, 0.15) is 5.60 Å². The van der Waals surface area contributed by atoms with Crippen molar-refractivity contribution in [3.63, 3.8) is 0 Å². The smallest absolute Gasteiger partial charge is 0.155 e. The van der Waals surface area contributed by atoms with Crippen molar-refractivity contribution in [3.8, 4) is 12.3 Å². The maximum absolute atomic E-state index is 11.7. The first-order valence-corrected chi connectivity index (χ1v) is 8.61. The standard InChI is InChI=1S/C20H24O2/c1-3-20(22)11-9-18-17-6-4-13-12-14(21)5-7-15(13)16(17)8-10-19(18,20)2/h1,9,11-12,15-18,22H,4-8,10H2,2H3/t15-,16+,17+,18-,19-,20+/m0/s1. The second kappa shape index (κ2) is 4.59. The molecule has 0 spiro atoms. The molecule has 116 valence electrons. The lowest BCUT2D eigenvalue weighted by Gasteiger charge is -2.54. The summed E-state index contributed by atoms with van der Waals surface area (Å²) >= 11 is 0. The Morgan fingerprint density at radius 3 is 2.86 bits per heavy atom. The van der Waals surface area contributed by atoms with Gasteiger partial charge < -0.3 is 5.11 Å². The summed E-state index contributed by atoms with van der Waals surface area (Å²) in [6, 6.07) is 0. The lowest BCUT2D eigenvalue weighted by atomic mass is 9.50. The number of rotatable bonds is 0. The van der Waals surface area contributed by atoms with E-state index in [1.54, 1.807) is 0 Å². The van der Waals surface area contributed by atoms with Crippen LogP contribution in [0.4, 0.5) is 0 Å². The third-order valence-corrected chi connectivity index (χ3v) is 7.19. The minimum Gasteiger partial charge on any atom is -0.373 e. The van der Waals surface area contributed by atoms with Gasteiger partial charge in [0.25, 0.3) is 0 Å². The number of terminal acetylenes is 1. The highest BCUT2D eigenvalue weighted by molar-refractivity contribution is 5.91. The van der Waals surface area contributed by atoms with Crippen LogP contribution in [-0.4, -0.2) is 16.5 Å². The van der Waals surface area contributed by atoms with Crippen LogP contribution >= 0.6 is 0 Å². The molecular formula is C20H24O2. The van der Waals surface area contributed by atoms with E-state index in [0.29, 0.717) is 35.9 Å². The summed E-state index contributed by atoms with van der Waals surface area (Å²) in [5.41, 5.74) is 0.103. The molecule has 0 bridgehead atoms. The SMILES string of the molecule is C#C[C@@]1(O)C=C[C@H]2[C@@H]3CCC4=CC(=O)CC[C@@H]4[C@H]3CC[C@@]21C. The minimum absolute atomic E-state index is 0.214. The molecule has 0 amide bonds. The van der Waals surface area contributed by atoms with Crippen LogP contribution in [0, 0.1) is 41.4 Å². The van der Waals surface area contributed by atoms with Crippen LogP contribution in [0.25, 0.3) is 0 Å². The number of hydrogen-bond acceptors (Lipinski definition) is 2. The zero-order valence-corrected chi connectivity index (χ0v) is 13.2. The van der Waals surface area contributed by atoms with Crippen molar-refractivity contribution >= 4 is 5.78 Å². The van der Waals surface area contributed by atoms with Gasteiger partial charge in [-0.15, -0.1) is 6.42 Å². The van der Waals surface area contributed by atoms with Gasteiger partial charge in [-0.05, 0) is 67.9 Å². The van der Waals surface area contributed by atoms with Crippen LogP contribution < -0.4 is 0 Å². The fourth-order valence-corrected chi connectivity index (χ4v) is 5.87. The van der Waals surface area contributed by atoms with Gasteiger partial charge in [-0.3, -0.25) is 4.79 Å². The van der Waals surface area contributed by atoms with Gasteiger partial charge >= 0.3 is 0 Å². The average Bonchev–Trinajstić information content (AvgIpc) is 2.79. The van der Waals surface area contributed by atoms with Crippen molar-refractivity contribution in [2.24, 2.45) is 29.1 Å². The van der Waals surface area contributed by atoms with E-state index in [9.17, 15) is 9.90 Å². The molecule has 0 aliphatic heterocycles. The molecule has 2 heteroatoms. The highest BCUT2D eigenvalue weighted by Gasteiger charge is 2.59. The minimum atomic E-state index is -1.08. The topological polar surface area (TPSA) is 37.3 Å². The lowest BCUT2D eigenvalue weighted by Crippen LogP contribution is -2.52. The number of fused-ring (bicyclic) bond motifs is 5. The third kappa shape index (κ3) is 1.69. The fourth-order valence-electron chi connectivity index (χ4n) is 5.87. The zero-order chi connectivity index (χ0) is 15.5. The van der Waals surface area contributed by atoms with Crippen LogP contribution in [0.5, 0.6) is 0 Å². The van der Waals surface area contributed by atoms with E-state index in [4.69, 9.17) is 6.42 Å². The largest absolute Gasteiger partial charge is 0.373 e. The average molecular weight is 296 g/mol. The Balaban J connectivity index is 1.67. The van der Waals surface area contributed by atoms with Crippen molar-refractivity contribution in [2.45, 2.75) is 51.0 Å². The van der Waals surface area contributed by atoms with E-state index in [1.807, 2.05) is 12.2 Å². The molecule has 4 aliphatic carbocycles. The van der Waals surface area contributed by atoms with E-state index in [0.717, 1.165) is 32.1 Å². The number of aliphatic hydroxyl groups is 1. The zero-order valence-electron chi connectivity index (χ0n) is 13.2. The molecule has 0 heterocycles. The molecule has 2 saturated carbocycles. The molecule has 2 fully saturated rings. The molecule has 22 heavy (non-hydrogen) atoms. The van der Waals surface area contributed by atoms with Gasteiger partial charge in [0, 0.05) is 11.8 Å². The second-order valence-corrected chi connectivity index (χ2v) is 7.95. The number of ketones is 1. The molecule has 2 nitrogen and oxygen atoms in total. The first kappa shape index (κ1) is 14.3. The van der Waals surface area contributed by atoms with E-state index >= 15 is 0 Å². The van der Waals surface area contributed by atoms with Gasteiger partial charge in [-0.2, -0.15) is 0 Å². The summed E-state index contributed by atoms with van der Waals surface area (Å²) in [5, 5.41) is 10.8. The first-order chi connectivity index (χ1) is 10.5. The molecule has 6 atom stereocenters. The summed E-state index contributed by atoms with van der Waals surface area (Å²) in [7, 11) is 0. The van der Waals surface area contributed by atoms with Crippen LogP contribution in [0.3, 0.4) is 0 Å². The molecule has 0 unspecified atom stereocenters. The Kier molecular flexibility index (Phi) is 2.97. The quantitative estimate of drug-likeness (QED) is 0.550. The predicted molar refractivity (Wildman–Crippen MR) is 85.8 cm³/mol. The van der Waals surface area contributed by atoms with Crippen LogP contribution in [0.1, 0.15) is 45.4 Å². The van der Waals surface area contributed by atoms with Crippen LogP contribution in [-0.2, 0) is 4.79 Å². The Labute approximate surface area is 132 Å². The number of allylic oxidation sites excluding steroid dienone is 3. The summed E-state index contributed by atoms with van der Waals surface area (Å²) in [6.07, 6.45) is 17.7. The Morgan fingerprint density at radius 1 is 1.27 bits per heavy atom. The van der Waals surface area contributed by atoms with Crippen molar-refractivity contribution < 1.29 is 9.90 Å². The van der Waals surface area contributed by atoms with E-state index in [2.05, 4.69) is 18.9 Å². The Hall–Kier alpha value is -1.33. The Bertz CT molecular complexity index is 622. The molecule has 1 N–H and O–H groups in total. The van der Waals surface area contributed by atoms with Gasteiger partial charge in [-0.1, -0.05) is 24.5 Å². The number of carbonyl (C=O) groups is 1. The number of hydrogen-bond donors (Lipinski definition) is 1. The molecular weight excluding hydrogens is 272 g/mol. The van der Waals surface area contributed by atoms with E-state index in [1.165, 1.54) is 5.57 Å². The van der Waals surface area contributed by atoms with Crippen molar-refractivity contribution in [3.05, 3.63) is 23.8 Å². The summed E-state index contributed by atoms with van der Waals surface area (Å²) < 4.78 is 0. The maximum Gasteiger partial charge on any atom is 0.155 e. The van der Waals surface area contributed by atoms with Crippen LogP contribution in [0.2, 0.25) is 0 Å². The summed E-state index contributed by atoms with van der Waals surface area (Å²) in [5.74, 6) is 5.20. The van der Waals surface area contributed by atoms with Gasteiger partial charge in [-0.25, -0.2) is 0 Å². The second-order valence-electron chi connectivity index (χ2n) is 7.95. The molecule has 4 aliphatic rings. The van der Waals surface area contributed by atoms with Crippen molar-refractivity contribution in [1.82, 2.24) is 0 Å². The van der Waals surface area contributed by atoms with Gasteiger partial charge in [0.2, 0.25) is 0 Å². The molecule has 0 saturated heterocycles. The van der Waals surface area contributed by atoms with Crippen molar-refractivity contribution in [2.75, 3.05) is 0 Å². The lowest BCUT2D eigenvalue weighted by molar-refractivity contribution is -0.116. The molecule has 0 aromatic carbocycles. The third-order valence-electron chi connectivity index (χ3n) is 7.19. The monoisotopic (exact) mass is 296 g/mol. The van der Waals surface area contributed by atoms with Crippen LogP contribution in [0.15, 0.2) is 23.8 Å². The highest BCUT2D eigenvalue weighted by atomic mass is 16.3. The molecule has 0 radical (unpaired) electrons. The molecule has 0 aromatic heterocycles.